The normalized spacial score (nSPS) is 44.0. The number of phosphoric ester groups is 1. The quantitative estimate of drug-likeness (QED) is 0.438. The number of quaternary nitrogens is 1. The summed E-state index contributed by atoms with van der Waals surface area (Å²) < 4.78 is 26.6. The fourth-order valence-corrected chi connectivity index (χ4v) is 4.82. The van der Waals surface area contributed by atoms with E-state index >= 15 is 0 Å². The maximum atomic E-state index is 11.8. The Bertz CT molecular complexity index is 648. The second-order valence-electron chi connectivity index (χ2n) is 5.36. The van der Waals surface area contributed by atoms with Gasteiger partial charge in [-0.05, 0) is 0 Å². The molecule has 14 heteroatoms. The number of nitrogens with two attached hydrogens (primary N) is 1. The standard InChI is InChI=1S/C10H14N5O6PS.H3N/c11-9-13-7-6(8(16)14-9)12-4-15(7)5-1-23-10(21-5)2-19-22(17,18)20-3-10;/h4-7H,1-3H2,(H,17,18)(H3,11,13,14,16);1H3. The van der Waals surface area contributed by atoms with E-state index in [1.54, 1.807) is 4.90 Å². The van der Waals surface area contributed by atoms with Crippen molar-refractivity contribution < 1.29 is 28.0 Å². The molecule has 3 atom stereocenters. The Balaban J connectivity index is 0.00000169. The largest absolute Gasteiger partial charge is 0.756 e. The van der Waals surface area contributed by atoms with Crippen LogP contribution < -0.4 is 22.1 Å². The van der Waals surface area contributed by atoms with Gasteiger partial charge in [0.2, 0.25) is 0 Å². The number of fused-ring (bicyclic) bond motifs is 1. The molecule has 12 nitrogen and oxygen atoms in total. The summed E-state index contributed by atoms with van der Waals surface area (Å²) in [6, 6.07) is -0.673. The monoisotopic (exact) mass is 380 g/mol. The summed E-state index contributed by atoms with van der Waals surface area (Å²) in [5, 5.41) is 2.42. The zero-order valence-corrected chi connectivity index (χ0v) is 14.4. The maximum absolute atomic E-state index is 11.8. The lowest BCUT2D eigenvalue weighted by Gasteiger charge is -2.39. The van der Waals surface area contributed by atoms with Crippen LogP contribution in [0.4, 0.5) is 0 Å². The fraction of sp³-hybridized carbons (Fsp3) is 0.700. The number of guanidine groups is 1. The number of ether oxygens (including phenoxy) is 1. The van der Waals surface area contributed by atoms with Gasteiger partial charge in [0.15, 0.2) is 23.1 Å². The van der Waals surface area contributed by atoms with Gasteiger partial charge in [-0.2, -0.15) is 0 Å². The van der Waals surface area contributed by atoms with Crippen molar-refractivity contribution in [3.63, 3.8) is 0 Å². The molecule has 4 aliphatic heterocycles. The minimum absolute atomic E-state index is 0. The average Bonchev–Trinajstić information content (AvgIpc) is 3.07. The molecule has 0 saturated carbocycles. The molecule has 0 radical (unpaired) electrons. The number of carbonyl (C=O) groups excluding carboxylic acids is 1. The molecule has 3 unspecified atom stereocenters. The Morgan fingerprint density at radius 3 is 2.92 bits per heavy atom. The SMILES string of the molecule is NC1=NC2C(N=CN2C2CSC3(COP(=O)([O-])OC3)O2)C(=O)N1.[NH4+]. The first-order valence-electron chi connectivity index (χ1n) is 6.74. The molecule has 1 spiro atoms. The lowest BCUT2D eigenvalue weighted by atomic mass is 10.2. The zero-order valence-electron chi connectivity index (χ0n) is 12.7. The molecular weight excluding hydrogens is 363 g/mol. The van der Waals surface area contributed by atoms with Gasteiger partial charge in [-0.1, -0.05) is 0 Å². The van der Waals surface area contributed by atoms with Gasteiger partial charge in [0.1, 0.15) is 6.23 Å². The molecule has 2 fully saturated rings. The molecule has 0 bridgehead atoms. The highest BCUT2D eigenvalue weighted by atomic mass is 32.2. The molecule has 0 aromatic heterocycles. The van der Waals surface area contributed by atoms with E-state index < -0.39 is 31.2 Å². The Hall–Kier alpha value is -1.21. The zero-order chi connectivity index (χ0) is 16.2. The van der Waals surface area contributed by atoms with Crippen LogP contribution in [0.15, 0.2) is 9.98 Å². The Labute approximate surface area is 141 Å². The maximum Gasteiger partial charge on any atom is 0.268 e. The molecule has 0 aromatic carbocycles. The molecule has 2 saturated heterocycles. The van der Waals surface area contributed by atoms with E-state index in [2.05, 4.69) is 15.3 Å². The second-order valence-corrected chi connectivity index (χ2v) is 8.14. The van der Waals surface area contributed by atoms with Gasteiger partial charge in [-0.3, -0.25) is 19.7 Å². The Kier molecular flexibility index (Phi) is 4.36. The van der Waals surface area contributed by atoms with Crippen LogP contribution >= 0.6 is 19.6 Å². The number of thioether (sulfide) groups is 1. The summed E-state index contributed by atoms with van der Waals surface area (Å²) in [5.74, 6) is 0.226. The molecular formula is C10H17N6O6PS. The van der Waals surface area contributed by atoms with E-state index in [-0.39, 0.29) is 31.2 Å². The topological polar surface area (TPSA) is 187 Å². The number of rotatable bonds is 1. The Morgan fingerprint density at radius 2 is 2.21 bits per heavy atom. The summed E-state index contributed by atoms with van der Waals surface area (Å²) in [6.45, 7) is -0.250. The van der Waals surface area contributed by atoms with E-state index in [9.17, 15) is 14.3 Å². The number of hydrogen-bond donors (Lipinski definition) is 3. The minimum Gasteiger partial charge on any atom is -0.756 e. The number of aliphatic imine (C=N–C) groups is 2. The van der Waals surface area contributed by atoms with Gasteiger partial charge in [-0.15, -0.1) is 11.8 Å². The number of nitrogens with zero attached hydrogens (tertiary/aromatic N) is 3. The highest BCUT2D eigenvalue weighted by Gasteiger charge is 2.51. The van der Waals surface area contributed by atoms with E-state index in [1.165, 1.54) is 18.1 Å². The van der Waals surface area contributed by atoms with Crippen LogP contribution in [0.2, 0.25) is 0 Å². The molecule has 134 valence electrons. The van der Waals surface area contributed by atoms with Crippen LogP contribution in [0, 0.1) is 0 Å². The molecule has 1 amide bonds. The number of phosphoric acid groups is 1. The van der Waals surface area contributed by atoms with Crippen LogP contribution in [0.25, 0.3) is 0 Å². The van der Waals surface area contributed by atoms with Crippen molar-refractivity contribution in [3.8, 4) is 0 Å². The lowest BCUT2D eigenvalue weighted by molar-refractivity contribution is -0.246. The van der Waals surface area contributed by atoms with Crippen molar-refractivity contribution in [2.45, 2.75) is 23.4 Å². The first kappa shape index (κ1) is 17.6. The highest BCUT2D eigenvalue weighted by molar-refractivity contribution is 8.00. The third-order valence-electron chi connectivity index (χ3n) is 3.80. The van der Waals surface area contributed by atoms with Crippen molar-refractivity contribution in [1.29, 1.82) is 0 Å². The van der Waals surface area contributed by atoms with Crippen LogP contribution in [0.3, 0.4) is 0 Å². The first-order valence-corrected chi connectivity index (χ1v) is 9.19. The number of amides is 1. The molecule has 4 heterocycles. The van der Waals surface area contributed by atoms with Crippen molar-refractivity contribution in [2.24, 2.45) is 15.7 Å². The summed E-state index contributed by atoms with van der Waals surface area (Å²) in [4.78, 5) is 32.2. The van der Waals surface area contributed by atoms with Crippen molar-refractivity contribution in [1.82, 2.24) is 16.4 Å². The third-order valence-corrected chi connectivity index (χ3v) is 6.00. The van der Waals surface area contributed by atoms with E-state index in [4.69, 9.17) is 19.5 Å². The van der Waals surface area contributed by atoms with Gasteiger partial charge in [0, 0.05) is 5.75 Å². The van der Waals surface area contributed by atoms with Gasteiger partial charge >= 0.3 is 0 Å². The first-order chi connectivity index (χ1) is 10.9. The van der Waals surface area contributed by atoms with Crippen LogP contribution in [0.1, 0.15) is 0 Å². The molecule has 0 aromatic rings. The number of carbonyl (C=O) groups is 1. The van der Waals surface area contributed by atoms with Gasteiger partial charge in [0.05, 0.1) is 19.6 Å². The lowest BCUT2D eigenvalue weighted by Crippen LogP contribution is -2.56. The fourth-order valence-electron chi connectivity index (χ4n) is 2.69. The van der Waals surface area contributed by atoms with E-state index in [0.29, 0.717) is 5.75 Å². The predicted octanol–water partition coefficient (Wildman–Crippen LogP) is -1.85. The van der Waals surface area contributed by atoms with Crippen LogP contribution in [-0.4, -0.2) is 65.4 Å². The van der Waals surface area contributed by atoms with Crippen molar-refractivity contribution in [2.75, 3.05) is 19.0 Å². The molecule has 7 N–H and O–H groups in total. The van der Waals surface area contributed by atoms with Crippen LogP contribution in [-0.2, 0) is 23.1 Å². The minimum atomic E-state index is -4.22. The van der Waals surface area contributed by atoms with Gasteiger partial charge in [0.25, 0.3) is 13.7 Å². The van der Waals surface area contributed by atoms with Gasteiger partial charge in [-0.25, -0.2) is 4.99 Å². The number of nitrogens with one attached hydrogen (secondary N) is 1. The van der Waals surface area contributed by atoms with Crippen molar-refractivity contribution >= 4 is 37.8 Å². The predicted molar refractivity (Wildman–Crippen MR) is 83.2 cm³/mol. The highest BCUT2D eigenvalue weighted by Crippen LogP contribution is 2.51. The smallest absolute Gasteiger partial charge is 0.268 e. The van der Waals surface area contributed by atoms with Gasteiger partial charge < -0.3 is 35.5 Å². The van der Waals surface area contributed by atoms with E-state index in [0.717, 1.165) is 0 Å². The second kappa shape index (κ2) is 5.95. The van der Waals surface area contributed by atoms with E-state index in [1.807, 2.05) is 0 Å². The summed E-state index contributed by atoms with van der Waals surface area (Å²) in [5.41, 5.74) is 5.59. The summed E-state index contributed by atoms with van der Waals surface area (Å²) in [6.07, 6.45) is 0.489. The number of hydrogen-bond acceptors (Lipinski definition) is 11. The molecule has 4 aliphatic rings. The third kappa shape index (κ3) is 2.92. The summed E-state index contributed by atoms with van der Waals surface area (Å²) in [7, 11) is -4.22. The van der Waals surface area contributed by atoms with Crippen molar-refractivity contribution in [3.05, 3.63) is 0 Å². The van der Waals surface area contributed by atoms with Crippen LogP contribution in [0.5, 0.6) is 0 Å². The molecule has 24 heavy (non-hydrogen) atoms. The summed E-state index contributed by atoms with van der Waals surface area (Å²) >= 11 is 1.39. The Morgan fingerprint density at radius 1 is 1.50 bits per heavy atom. The molecule has 4 rings (SSSR count). The molecule has 0 aliphatic carbocycles. The average molecular weight is 380 g/mol.